The smallest absolute Gasteiger partial charge is 0.168 e. The van der Waals surface area contributed by atoms with Gasteiger partial charge < -0.3 is 14.8 Å². The van der Waals surface area contributed by atoms with E-state index in [9.17, 15) is 0 Å². The van der Waals surface area contributed by atoms with Crippen molar-refractivity contribution < 1.29 is 9.47 Å². The summed E-state index contributed by atoms with van der Waals surface area (Å²) in [5, 5.41) is 4.17. The summed E-state index contributed by atoms with van der Waals surface area (Å²) in [6.45, 7) is 1.46. The normalized spacial score (nSPS) is 23.4. The number of pyridine rings is 1. The van der Waals surface area contributed by atoms with Crippen molar-refractivity contribution in [3.63, 3.8) is 0 Å². The molecule has 18 heavy (non-hydrogen) atoms. The molecule has 1 aromatic rings. The molecule has 1 saturated carbocycles. The number of nitrogens with zero attached hydrogens (tertiary/aromatic N) is 1. The van der Waals surface area contributed by atoms with E-state index in [0.717, 1.165) is 49.6 Å². The molecule has 1 aromatic heterocycles. The summed E-state index contributed by atoms with van der Waals surface area (Å²) in [4.78, 5) is 4.09. The number of rotatable bonds is 2. The van der Waals surface area contributed by atoms with Crippen LogP contribution in [0, 0.1) is 0 Å². The van der Waals surface area contributed by atoms with Gasteiger partial charge in [0.2, 0.25) is 0 Å². The zero-order valence-corrected chi connectivity index (χ0v) is 10.9. The zero-order chi connectivity index (χ0) is 12.4. The molecule has 1 aliphatic carbocycles. The van der Waals surface area contributed by atoms with E-state index in [0.29, 0.717) is 6.04 Å². The number of halogens is 1. The first-order chi connectivity index (χ1) is 8.77. The molecule has 1 saturated heterocycles. The van der Waals surface area contributed by atoms with Gasteiger partial charge in [-0.1, -0.05) is 11.6 Å². The van der Waals surface area contributed by atoms with Crippen molar-refractivity contribution in [2.45, 2.75) is 37.5 Å². The minimum atomic E-state index is -0.295. The van der Waals surface area contributed by atoms with Crippen molar-refractivity contribution in [3.05, 3.63) is 23.5 Å². The molecule has 0 bridgehead atoms. The van der Waals surface area contributed by atoms with E-state index in [4.69, 9.17) is 21.1 Å². The van der Waals surface area contributed by atoms with Gasteiger partial charge in [-0.2, -0.15) is 0 Å². The van der Waals surface area contributed by atoms with Crippen LogP contribution in [0.1, 0.15) is 25.7 Å². The van der Waals surface area contributed by atoms with E-state index in [1.54, 1.807) is 18.5 Å². The summed E-state index contributed by atoms with van der Waals surface area (Å²) in [6, 6.07) is 2.22. The summed E-state index contributed by atoms with van der Waals surface area (Å²) < 4.78 is 11.4. The number of ether oxygens (including phenoxy) is 2. The standard InChI is InChI=1S/C13H17ClN2O2/c14-11-3-6-15-9-12(11)16-10-1-4-13(5-2-10)17-7-8-18-13/h3,6,9-10,16H,1-2,4-5,7-8H2. The van der Waals surface area contributed by atoms with Crippen LogP contribution in [0.25, 0.3) is 0 Å². The largest absolute Gasteiger partial charge is 0.380 e. The second-order valence-corrected chi connectivity index (χ2v) is 5.29. The molecule has 0 radical (unpaired) electrons. The molecule has 1 N–H and O–H groups in total. The van der Waals surface area contributed by atoms with Gasteiger partial charge in [-0.25, -0.2) is 0 Å². The summed E-state index contributed by atoms with van der Waals surface area (Å²) in [5.74, 6) is -0.295. The molecular formula is C13H17ClN2O2. The van der Waals surface area contributed by atoms with Gasteiger partial charge in [0.05, 0.1) is 30.1 Å². The highest BCUT2D eigenvalue weighted by Gasteiger charge is 2.40. The Morgan fingerprint density at radius 1 is 1.28 bits per heavy atom. The van der Waals surface area contributed by atoms with Gasteiger partial charge in [0.15, 0.2) is 5.79 Å². The van der Waals surface area contributed by atoms with E-state index >= 15 is 0 Å². The molecular weight excluding hydrogens is 252 g/mol. The molecule has 1 spiro atoms. The number of hydrogen-bond donors (Lipinski definition) is 1. The van der Waals surface area contributed by atoms with Gasteiger partial charge in [0.1, 0.15) is 0 Å². The van der Waals surface area contributed by atoms with E-state index in [1.807, 2.05) is 0 Å². The molecule has 98 valence electrons. The van der Waals surface area contributed by atoms with Crippen LogP contribution in [0.5, 0.6) is 0 Å². The van der Waals surface area contributed by atoms with Crippen LogP contribution >= 0.6 is 11.6 Å². The number of aromatic nitrogens is 1. The minimum Gasteiger partial charge on any atom is -0.380 e. The SMILES string of the molecule is Clc1ccncc1NC1CCC2(CC1)OCCO2. The molecule has 3 rings (SSSR count). The van der Waals surface area contributed by atoms with Crippen molar-refractivity contribution in [1.29, 1.82) is 0 Å². The maximum atomic E-state index is 6.11. The minimum absolute atomic E-state index is 0.295. The van der Waals surface area contributed by atoms with Gasteiger partial charge in [-0.3, -0.25) is 4.98 Å². The monoisotopic (exact) mass is 268 g/mol. The second kappa shape index (κ2) is 5.03. The first-order valence-electron chi connectivity index (χ1n) is 6.41. The highest BCUT2D eigenvalue weighted by Crippen LogP contribution is 2.37. The molecule has 2 heterocycles. The van der Waals surface area contributed by atoms with Crippen LogP contribution in [-0.2, 0) is 9.47 Å². The molecule has 1 aliphatic heterocycles. The fraction of sp³-hybridized carbons (Fsp3) is 0.615. The number of anilines is 1. The highest BCUT2D eigenvalue weighted by atomic mass is 35.5. The lowest BCUT2D eigenvalue weighted by Gasteiger charge is -2.36. The van der Waals surface area contributed by atoms with Crippen molar-refractivity contribution in [1.82, 2.24) is 4.98 Å². The summed E-state index contributed by atoms with van der Waals surface area (Å²) in [6.07, 6.45) is 7.43. The Bertz CT molecular complexity index is 411. The number of hydrogen-bond acceptors (Lipinski definition) is 4. The zero-order valence-electron chi connectivity index (χ0n) is 10.2. The fourth-order valence-electron chi connectivity index (χ4n) is 2.69. The van der Waals surface area contributed by atoms with Gasteiger partial charge in [0, 0.05) is 25.1 Å². The summed E-state index contributed by atoms with van der Waals surface area (Å²) >= 11 is 6.11. The summed E-state index contributed by atoms with van der Waals surface area (Å²) in [7, 11) is 0. The lowest BCUT2D eigenvalue weighted by atomic mass is 9.90. The maximum absolute atomic E-state index is 6.11. The van der Waals surface area contributed by atoms with Gasteiger partial charge >= 0.3 is 0 Å². The Morgan fingerprint density at radius 2 is 2.00 bits per heavy atom. The molecule has 0 atom stereocenters. The van der Waals surface area contributed by atoms with Crippen LogP contribution in [0.4, 0.5) is 5.69 Å². The van der Waals surface area contributed by atoms with Crippen molar-refractivity contribution >= 4 is 17.3 Å². The predicted octanol–water partition coefficient (Wildman–Crippen LogP) is 2.83. The molecule has 0 unspecified atom stereocenters. The molecule has 2 fully saturated rings. The van der Waals surface area contributed by atoms with Crippen molar-refractivity contribution in [3.8, 4) is 0 Å². The van der Waals surface area contributed by atoms with Gasteiger partial charge in [-0.05, 0) is 18.9 Å². The quantitative estimate of drug-likeness (QED) is 0.896. The van der Waals surface area contributed by atoms with E-state index < -0.39 is 0 Å². The lowest BCUT2D eigenvalue weighted by Crippen LogP contribution is -2.39. The average Bonchev–Trinajstić information content (AvgIpc) is 2.84. The van der Waals surface area contributed by atoms with E-state index in [1.165, 1.54) is 0 Å². The van der Waals surface area contributed by atoms with Crippen molar-refractivity contribution in [2.75, 3.05) is 18.5 Å². The van der Waals surface area contributed by atoms with E-state index in [-0.39, 0.29) is 5.79 Å². The van der Waals surface area contributed by atoms with Crippen molar-refractivity contribution in [2.24, 2.45) is 0 Å². The Kier molecular flexibility index (Phi) is 3.41. The Morgan fingerprint density at radius 3 is 2.67 bits per heavy atom. The van der Waals surface area contributed by atoms with Crippen LogP contribution in [0.3, 0.4) is 0 Å². The first-order valence-corrected chi connectivity index (χ1v) is 6.79. The van der Waals surface area contributed by atoms with Gasteiger partial charge in [0.25, 0.3) is 0 Å². The molecule has 4 nitrogen and oxygen atoms in total. The number of nitrogens with one attached hydrogen (secondary N) is 1. The van der Waals surface area contributed by atoms with Crippen LogP contribution in [0.2, 0.25) is 5.02 Å². The van der Waals surface area contributed by atoms with E-state index in [2.05, 4.69) is 10.3 Å². The average molecular weight is 269 g/mol. The van der Waals surface area contributed by atoms with Gasteiger partial charge in [-0.15, -0.1) is 0 Å². The van der Waals surface area contributed by atoms with Crippen LogP contribution in [0.15, 0.2) is 18.5 Å². The Balaban J connectivity index is 1.59. The van der Waals surface area contributed by atoms with Crippen LogP contribution in [-0.4, -0.2) is 30.0 Å². The Labute approximate surface area is 112 Å². The molecule has 5 heteroatoms. The molecule has 2 aliphatic rings. The highest BCUT2D eigenvalue weighted by molar-refractivity contribution is 6.33. The first kappa shape index (κ1) is 12.2. The fourth-order valence-corrected chi connectivity index (χ4v) is 2.85. The maximum Gasteiger partial charge on any atom is 0.168 e. The summed E-state index contributed by atoms with van der Waals surface area (Å²) in [5.41, 5.74) is 0.911. The lowest BCUT2D eigenvalue weighted by molar-refractivity contribution is -0.177. The third-order valence-electron chi connectivity index (χ3n) is 3.69. The Hall–Kier alpha value is -0.840. The second-order valence-electron chi connectivity index (χ2n) is 4.88. The topological polar surface area (TPSA) is 43.4 Å². The third kappa shape index (κ3) is 2.46. The molecule has 0 amide bonds. The van der Waals surface area contributed by atoms with Crippen LogP contribution < -0.4 is 5.32 Å². The predicted molar refractivity (Wildman–Crippen MR) is 69.8 cm³/mol. The molecule has 0 aromatic carbocycles. The third-order valence-corrected chi connectivity index (χ3v) is 4.02.